The van der Waals surface area contributed by atoms with E-state index in [2.05, 4.69) is 25.6 Å². The Morgan fingerprint density at radius 1 is 1.36 bits per heavy atom. The number of thiazole rings is 1. The largest absolute Gasteiger partial charge is 0.359 e. The van der Waals surface area contributed by atoms with Crippen molar-refractivity contribution >= 4 is 33.9 Å². The molecule has 0 atom stereocenters. The molecule has 2 aromatic heterocycles. The second-order valence-corrected chi connectivity index (χ2v) is 6.58. The molecule has 22 heavy (non-hydrogen) atoms. The van der Waals surface area contributed by atoms with Crippen molar-refractivity contribution < 1.29 is 0 Å². The highest BCUT2D eigenvalue weighted by molar-refractivity contribution is 7.13. The van der Waals surface area contributed by atoms with Crippen molar-refractivity contribution in [3.8, 4) is 6.07 Å². The van der Waals surface area contributed by atoms with E-state index >= 15 is 0 Å². The van der Waals surface area contributed by atoms with Gasteiger partial charge in [0.1, 0.15) is 11.9 Å². The second-order valence-electron chi connectivity index (χ2n) is 5.31. The fraction of sp³-hybridized carbons (Fsp3) is 0.400. The van der Waals surface area contributed by atoms with Crippen LogP contribution in [0.4, 0.5) is 10.9 Å². The molecule has 0 aromatic carbocycles. The van der Waals surface area contributed by atoms with Gasteiger partial charge in [0.15, 0.2) is 10.8 Å². The van der Waals surface area contributed by atoms with Gasteiger partial charge in [-0.1, -0.05) is 11.6 Å². The highest BCUT2D eigenvalue weighted by Gasteiger charge is 2.21. The minimum Gasteiger partial charge on any atom is -0.359 e. The fourth-order valence-electron chi connectivity index (χ4n) is 2.53. The van der Waals surface area contributed by atoms with Gasteiger partial charge in [-0.05, 0) is 31.9 Å². The van der Waals surface area contributed by atoms with Crippen molar-refractivity contribution in [2.45, 2.75) is 25.8 Å². The first-order valence-electron chi connectivity index (χ1n) is 7.16. The summed E-state index contributed by atoms with van der Waals surface area (Å²) < 4.78 is 0. The molecule has 0 spiro atoms. The number of nitrogens with one attached hydrogen (secondary N) is 1. The van der Waals surface area contributed by atoms with Gasteiger partial charge < -0.3 is 10.2 Å². The number of hydrogen-bond donors (Lipinski definition) is 1. The van der Waals surface area contributed by atoms with E-state index in [1.807, 2.05) is 19.1 Å². The van der Waals surface area contributed by atoms with Crippen molar-refractivity contribution in [1.29, 1.82) is 5.26 Å². The zero-order chi connectivity index (χ0) is 15.5. The Morgan fingerprint density at radius 2 is 2.14 bits per heavy atom. The third-order valence-corrected chi connectivity index (χ3v) is 4.90. The Balaban J connectivity index is 1.61. The molecule has 1 N–H and O–H groups in total. The van der Waals surface area contributed by atoms with Crippen molar-refractivity contribution in [2.24, 2.45) is 0 Å². The van der Waals surface area contributed by atoms with Gasteiger partial charge in [0, 0.05) is 24.5 Å². The summed E-state index contributed by atoms with van der Waals surface area (Å²) in [4.78, 5) is 11.0. The summed E-state index contributed by atoms with van der Waals surface area (Å²) in [5, 5.41) is 16.0. The van der Waals surface area contributed by atoms with Crippen LogP contribution in [0.1, 0.15) is 24.2 Å². The van der Waals surface area contributed by atoms with Gasteiger partial charge in [0.05, 0.1) is 10.7 Å². The van der Waals surface area contributed by atoms with Crippen molar-refractivity contribution in [2.75, 3.05) is 23.3 Å². The van der Waals surface area contributed by atoms with Crippen LogP contribution in [0, 0.1) is 18.3 Å². The average molecular weight is 334 g/mol. The number of aryl methyl sites for hydroxylation is 1. The Hall–Kier alpha value is -1.84. The van der Waals surface area contributed by atoms with Gasteiger partial charge in [-0.2, -0.15) is 5.26 Å². The van der Waals surface area contributed by atoms with Gasteiger partial charge in [-0.15, -0.1) is 11.3 Å². The molecule has 3 rings (SSSR count). The van der Waals surface area contributed by atoms with E-state index in [0.29, 0.717) is 11.1 Å². The molecule has 1 saturated heterocycles. The SMILES string of the molecule is Cc1csc(NC2CCN(c3ccc(Cl)c(C#N)n3)CC2)n1. The average Bonchev–Trinajstić information content (AvgIpc) is 2.94. The zero-order valence-corrected chi connectivity index (χ0v) is 13.8. The molecule has 0 radical (unpaired) electrons. The van der Waals surface area contributed by atoms with E-state index in [1.54, 1.807) is 17.4 Å². The summed E-state index contributed by atoms with van der Waals surface area (Å²) in [6, 6.07) is 6.08. The van der Waals surface area contributed by atoms with Gasteiger partial charge in [-0.25, -0.2) is 9.97 Å². The second kappa shape index (κ2) is 6.51. The van der Waals surface area contributed by atoms with Crippen molar-refractivity contribution in [3.05, 3.63) is 33.9 Å². The highest BCUT2D eigenvalue weighted by Crippen LogP contribution is 2.24. The van der Waals surface area contributed by atoms with Crippen molar-refractivity contribution in [3.63, 3.8) is 0 Å². The van der Waals surface area contributed by atoms with Gasteiger partial charge in [0.25, 0.3) is 0 Å². The number of nitriles is 1. The summed E-state index contributed by atoms with van der Waals surface area (Å²) in [7, 11) is 0. The predicted octanol–water partition coefficient (Wildman–Crippen LogP) is 3.45. The lowest BCUT2D eigenvalue weighted by atomic mass is 10.1. The standard InChI is InChI=1S/C15H16ClN5S/c1-10-9-22-15(18-10)19-11-4-6-21(7-5-11)14-3-2-12(16)13(8-17)20-14/h2-3,9,11H,4-7H2,1H3,(H,18,19). The molecule has 0 unspecified atom stereocenters. The van der Waals surface area contributed by atoms with Crippen LogP contribution in [0.3, 0.4) is 0 Å². The smallest absolute Gasteiger partial charge is 0.183 e. The van der Waals surface area contributed by atoms with Gasteiger partial charge in [0.2, 0.25) is 0 Å². The lowest BCUT2D eigenvalue weighted by Crippen LogP contribution is -2.39. The summed E-state index contributed by atoms with van der Waals surface area (Å²) in [5.74, 6) is 0.824. The molecule has 0 aliphatic carbocycles. The van der Waals surface area contributed by atoms with E-state index in [4.69, 9.17) is 16.9 Å². The van der Waals surface area contributed by atoms with Crippen LogP contribution in [-0.2, 0) is 0 Å². The molecule has 114 valence electrons. The van der Waals surface area contributed by atoms with Crippen LogP contribution < -0.4 is 10.2 Å². The maximum absolute atomic E-state index is 9.02. The number of nitrogens with zero attached hydrogens (tertiary/aromatic N) is 4. The molecular formula is C15H16ClN5S. The molecule has 0 saturated carbocycles. The van der Waals surface area contributed by atoms with Crippen LogP contribution in [0.5, 0.6) is 0 Å². The number of anilines is 2. The minimum absolute atomic E-state index is 0.290. The lowest BCUT2D eigenvalue weighted by Gasteiger charge is -2.33. The Bertz CT molecular complexity index is 700. The molecule has 1 aliphatic rings. The highest BCUT2D eigenvalue weighted by atomic mass is 35.5. The molecule has 5 nitrogen and oxygen atoms in total. The van der Waals surface area contributed by atoms with Crippen LogP contribution in [-0.4, -0.2) is 29.1 Å². The molecule has 1 fully saturated rings. The van der Waals surface area contributed by atoms with Crippen LogP contribution in [0.25, 0.3) is 0 Å². The number of halogens is 1. The molecule has 0 bridgehead atoms. The molecule has 7 heteroatoms. The van der Waals surface area contributed by atoms with E-state index in [-0.39, 0.29) is 5.69 Å². The van der Waals surface area contributed by atoms with Gasteiger partial charge in [-0.3, -0.25) is 0 Å². The van der Waals surface area contributed by atoms with E-state index in [9.17, 15) is 0 Å². The van der Waals surface area contributed by atoms with Gasteiger partial charge >= 0.3 is 0 Å². The number of aromatic nitrogens is 2. The first-order valence-corrected chi connectivity index (χ1v) is 8.42. The lowest BCUT2D eigenvalue weighted by molar-refractivity contribution is 0.523. The summed E-state index contributed by atoms with van der Waals surface area (Å²) in [6.45, 7) is 3.81. The Kier molecular flexibility index (Phi) is 4.46. The third kappa shape index (κ3) is 3.32. The quantitative estimate of drug-likeness (QED) is 0.932. The van der Waals surface area contributed by atoms with Crippen LogP contribution in [0.15, 0.2) is 17.5 Å². The fourth-order valence-corrected chi connectivity index (χ4v) is 3.45. The Morgan fingerprint density at radius 3 is 2.77 bits per heavy atom. The van der Waals surface area contributed by atoms with Crippen LogP contribution in [0.2, 0.25) is 5.02 Å². The number of pyridine rings is 1. The van der Waals surface area contributed by atoms with Crippen molar-refractivity contribution in [1.82, 2.24) is 9.97 Å². The molecule has 3 heterocycles. The molecular weight excluding hydrogens is 318 g/mol. The Labute approximate surface area is 138 Å². The third-order valence-electron chi connectivity index (χ3n) is 3.70. The number of hydrogen-bond acceptors (Lipinski definition) is 6. The summed E-state index contributed by atoms with van der Waals surface area (Å²) >= 11 is 7.58. The normalized spacial score (nSPS) is 15.6. The maximum Gasteiger partial charge on any atom is 0.183 e. The predicted molar refractivity (Wildman–Crippen MR) is 89.7 cm³/mol. The zero-order valence-electron chi connectivity index (χ0n) is 12.2. The molecule has 1 aliphatic heterocycles. The first-order chi connectivity index (χ1) is 10.7. The van der Waals surface area contributed by atoms with E-state index in [1.165, 1.54) is 0 Å². The molecule has 2 aromatic rings. The summed E-state index contributed by atoms with van der Waals surface area (Å²) in [5.41, 5.74) is 1.34. The monoisotopic (exact) mass is 333 g/mol. The minimum atomic E-state index is 0.290. The number of rotatable bonds is 3. The van der Waals surface area contributed by atoms with Crippen LogP contribution >= 0.6 is 22.9 Å². The van der Waals surface area contributed by atoms with E-state index < -0.39 is 0 Å². The first kappa shape index (κ1) is 15.1. The number of piperidine rings is 1. The molecule has 0 amide bonds. The van der Waals surface area contributed by atoms with E-state index in [0.717, 1.165) is 42.6 Å². The summed E-state index contributed by atoms with van der Waals surface area (Å²) in [6.07, 6.45) is 2.04. The maximum atomic E-state index is 9.02. The topological polar surface area (TPSA) is 64.8 Å².